The van der Waals surface area contributed by atoms with E-state index in [4.69, 9.17) is 9.47 Å². The number of ether oxygens (including phenoxy) is 2. The lowest BCUT2D eigenvalue weighted by atomic mass is 9.85. The van der Waals surface area contributed by atoms with Gasteiger partial charge in [-0.1, -0.05) is 65.0 Å². The summed E-state index contributed by atoms with van der Waals surface area (Å²) >= 11 is 0. The summed E-state index contributed by atoms with van der Waals surface area (Å²) in [6, 6.07) is 12.5. The third kappa shape index (κ3) is 6.18. The van der Waals surface area contributed by atoms with Crippen molar-refractivity contribution >= 4 is 11.9 Å². The molecule has 156 valence electrons. The minimum Gasteiger partial charge on any atom is -0.462 e. The van der Waals surface area contributed by atoms with Gasteiger partial charge in [0.15, 0.2) is 0 Å². The SMILES string of the molecule is Cc1cccc(C(C)(C)C)c1OC(=O)c1ccccc1C(=O)OCCCC(C)C. The first-order valence-electron chi connectivity index (χ1n) is 10.2. The second-order valence-electron chi connectivity index (χ2n) is 8.81. The maximum Gasteiger partial charge on any atom is 0.344 e. The molecule has 0 saturated heterocycles. The summed E-state index contributed by atoms with van der Waals surface area (Å²) in [7, 11) is 0. The van der Waals surface area contributed by atoms with Crippen LogP contribution in [0.4, 0.5) is 0 Å². The van der Waals surface area contributed by atoms with Gasteiger partial charge in [0.25, 0.3) is 0 Å². The quantitative estimate of drug-likeness (QED) is 0.322. The molecule has 4 nitrogen and oxygen atoms in total. The highest BCUT2D eigenvalue weighted by atomic mass is 16.5. The monoisotopic (exact) mass is 396 g/mol. The Bertz CT molecular complexity index is 859. The van der Waals surface area contributed by atoms with E-state index >= 15 is 0 Å². The van der Waals surface area contributed by atoms with Gasteiger partial charge in [0, 0.05) is 5.56 Å². The Hall–Kier alpha value is -2.62. The highest BCUT2D eigenvalue weighted by molar-refractivity contribution is 6.03. The molecule has 0 aliphatic carbocycles. The van der Waals surface area contributed by atoms with Gasteiger partial charge in [-0.25, -0.2) is 9.59 Å². The Morgan fingerprint density at radius 1 is 0.931 bits per heavy atom. The lowest BCUT2D eigenvalue weighted by Gasteiger charge is -2.23. The second-order valence-corrected chi connectivity index (χ2v) is 8.81. The Morgan fingerprint density at radius 3 is 2.14 bits per heavy atom. The Balaban J connectivity index is 2.23. The van der Waals surface area contributed by atoms with Gasteiger partial charge in [-0.15, -0.1) is 0 Å². The maximum atomic E-state index is 13.0. The summed E-state index contributed by atoms with van der Waals surface area (Å²) in [5, 5.41) is 0. The third-order valence-corrected chi connectivity index (χ3v) is 4.74. The number of hydrogen-bond donors (Lipinski definition) is 0. The topological polar surface area (TPSA) is 52.6 Å². The molecule has 2 rings (SSSR count). The number of carbonyl (C=O) groups excluding carboxylic acids is 2. The van der Waals surface area contributed by atoms with E-state index < -0.39 is 11.9 Å². The van der Waals surface area contributed by atoms with Crippen LogP contribution in [0.5, 0.6) is 5.75 Å². The van der Waals surface area contributed by atoms with Crippen LogP contribution >= 0.6 is 0 Å². The normalized spacial score (nSPS) is 11.4. The van der Waals surface area contributed by atoms with Gasteiger partial charge in [0.1, 0.15) is 5.75 Å². The van der Waals surface area contributed by atoms with Crippen molar-refractivity contribution in [1.82, 2.24) is 0 Å². The Kier molecular flexibility index (Phi) is 7.60. The van der Waals surface area contributed by atoms with Crippen LogP contribution in [0.1, 0.15) is 79.3 Å². The van der Waals surface area contributed by atoms with Crippen molar-refractivity contribution in [3.8, 4) is 5.75 Å². The zero-order valence-electron chi connectivity index (χ0n) is 18.4. The maximum absolute atomic E-state index is 13.0. The van der Waals surface area contributed by atoms with Crippen LogP contribution in [0, 0.1) is 12.8 Å². The molecule has 0 heterocycles. The predicted octanol–water partition coefficient (Wildman–Crippen LogP) is 6.10. The molecule has 0 bridgehead atoms. The molecule has 29 heavy (non-hydrogen) atoms. The summed E-state index contributed by atoms with van der Waals surface area (Å²) in [5.74, 6) is 0.0499. The molecule has 0 fully saturated rings. The average Bonchev–Trinajstić information content (AvgIpc) is 2.65. The molecule has 0 aliphatic rings. The van der Waals surface area contributed by atoms with Gasteiger partial charge in [-0.05, 0) is 48.8 Å². The van der Waals surface area contributed by atoms with E-state index in [1.807, 2.05) is 25.1 Å². The molecule has 0 unspecified atom stereocenters. The molecule has 0 aromatic heterocycles. The molecular formula is C25H32O4. The van der Waals surface area contributed by atoms with Crippen LogP contribution in [0.2, 0.25) is 0 Å². The third-order valence-electron chi connectivity index (χ3n) is 4.74. The number of benzene rings is 2. The largest absolute Gasteiger partial charge is 0.462 e. The van der Waals surface area contributed by atoms with Gasteiger partial charge < -0.3 is 9.47 Å². The Labute approximate surface area is 174 Å². The van der Waals surface area contributed by atoms with Crippen LogP contribution in [0.3, 0.4) is 0 Å². The number of para-hydroxylation sites is 1. The molecule has 0 N–H and O–H groups in total. The van der Waals surface area contributed by atoms with Crippen LogP contribution in [0.25, 0.3) is 0 Å². The molecule has 0 radical (unpaired) electrons. The summed E-state index contributed by atoms with van der Waals surface area (Å²) in [5.41, 5.74) is 2.08. The van der Waals surface area contributed by atoms with E-state index in [1.165, 1.54) is 0 Å². The summed E-state index contributed by atoms with van der Waals surface area (Å²) in [6.07, 6.45) is 1.79. The molecule has 4 heteroatoms. The highest BCUT2D eigenvalue weighted by Crippen LogP contribution is 2.34. The van der Waals surface area contributed by atoms with Gasteiger partial charge in [0.05, 0.1) is 17.7 Å². The molecule has 0 spiro atoms. The first-order valence-corrected chi connectivity index (χ1v) is 10.2. The first kappa shape index (κ1) is 22.7. The fraction of sp³-hybridized carbons (Fsp3) is 0.440. The minimum absolute atomic E-state index is 0.184. The second kappa shape index (κ2) is 9.73. The molecule has 2 aromatic carbocycles. The van der Waals surface area contributed by atoms with Crippen molar-refractivity contribution in [3.05, 3.63) is 64.7 Å². The smallest absolute Gasteiger partial charge is 0.344 e. The average molecular weight is 397 g/mol. The fourth-order valence-electron chi connectivity index (χ4n) is 3.10. The van der Waals surface area contributed by atoms with E-state index in [9.17, 15) is 9.59 Å². The van der Waals surface area contributed by atoms with Crippen LogP contribution in [0.15, 0.2) is 42.5 Å². The number of aryl methyl sites for hydroxylation is 1. The van der Waals surface area contributed by atoms with Crippen molar-refractivity contribution < 1.29 is 19.1 Å². The molecule has 0 atom stereocenters. The first-order chi connectivity index (χ1) is 13.6. The minimum atomic E-state index is -0.556. The number of carbonyl (C=O) groups is 2. The highest BCUT2D eigenvalue weighted by Gasteiger charge is 2.24. The van der Waals surface area contributed by atoms with E-state index in [0.717, 1.165) is 24.0 Å². The Morgan fingerprint density at radius 2 is 1.55 bits per heavy atom. The molecular weight excluding hydrogens is 364 g/mol. The number of esters is 2. The van der Waals surface area contributed by atoms with Crippen molar-refractivity contribution in [2.75, 3.05) is 6.61 Å². The van der Waals surface area contributed by atoms with Gasteiger partial charge in [0.2, 0.25) is 0 Å². The lowest BCUT2D eigenvalue weighted by molar-refractivity contribution is 0.0486. The van der Waals surface area contributed by atoms with Crippen molar-refractivity contribution in [2.45, 2.75) is 59.8 Å². The molecule has 0 aliphatic heterocycles. The standard InChI is InChI=1S/C25H32O4/c1-17(2)11-10-16-28-23(26)19-13-7-8-14-20(19)24(27)29-22-18(3)12-9-15-21(22)25(4,5)6/h7-9,12-15,17H,10-11,16H2,1-6H3. The van der Waals surface area contributed by atoms with Crippen molar-refractivity contribution in [2.24, 2.45) is 5.92 Å². The number of rotatable bonds is 7. The van der Waals surface area contributed by atoms with Gasteiger partial charge in [-0.3, -0.25) is 0 Å². The molecule has 2 aromatic rings. The van der Waals surface area contributed by atoms with E-state index in [2.05, 4.69) is 34.6 Å². The lowest BCUT2D eigenvalue weighted by Crippen LogP contribution is -2.19. The van der Waals surface area contributed by atoms with E-state index in [-0.39, 0.29) is 16.5 Å². The predicted molar refractivity (Wildman–Crippen MR) is 116 cm³/mol. The summed E-state index contributed by atoms with van der Waals surface area (Å²) < 4.78 is 11.2. The summed E-state index contributed by atoms with van der Waals surface area (Å²) in [6.45, 7) is 12.7. The van der Waals surface area contributed by atoms with Crippen LogP contribution in [-0.4, -0.2) is 18.5 Å². The van der Waals surface area contributed by atoms with Crippen molar-refractivity contribution in [1.29, 1.82) is 0 Å². The fourth-order valence-corrected chi connectivity index (χ4v) is 3.10. The van der Waals surface area contributed by atoms with Crippen molar-refractivity contribution in [3.63, 3.8) is 0 Å². The molecule has 0 amide bonds. The van der Waals surface area contributed by atoms with Crippen LogP contribution < -0.4 is 4.74 Å². The molecule has 0 saturated carbocycles. The van der Waals surface area contributed by atoms with Crippen LogP contribution in [-0.2, 0) is 10.2 Å². The van der Waals surface area contributed by atoms with Gasteiger partial charge >= 0.3 is 11.9 Å². The number of hydrogen-bond acceptors (Lipinski definition) is 4. The summed E-state index contributed by atoms with van der Waals surface area (Å²) in [4.78, 5) is 25.5. The van der Waals surface area contributed by atoms with E-state index in [0.29, 0.717) is 18.3 Å². The van der Waals surface area contributed by atoms with E-state index in [1.54, 1.807) is 24.3 Å². The zero-order valence-corrected chi connectivity index (χ0v) is 18.4. The zero-order chi connectivity index (χ0) is 21.6. The van der Waals surface area contributed by atoms with Gasteiger partial charge in [-0.2, -0.15) is 0 Å².